The van der Waals surface area contributed by atoms with Crippen molar-refractivity contribution in [1.29, 1.82) is 0 Å². The smallest absolute Gasteiger partial charge is 0.309 e. The van der Waals surface area contributed by atoms with Crippen molar-refractivity contribution < 1.29 is 28.6 Å². The molecule has 0 spiro atoms. The Hall–Kier alpha value is -4.71. The van der Waals surface area contributed by atoms with E-state index in [-0.39, 0.29) is 31.6 Å². The lowest BCUT2D eigenvalue weighted by molar-refractivity contribution is -0.166. The second-order valence-corrected chi connectivity index (χ2v) is 21.6. The summed E-state index contributed by atoms with van der Waals surface area (Å²) in [7, 11) is 0. The molecule has 81 heavy (non-hydrogen) atoms. The zero-order chi connectivity index (χ0) is 58.5. The van der Waals surface area contributed by atoms with Crippen LogP contribution in [0.1, 0.15) is 290 Å². The van der Waals surface area contributed by atoms with Crippen LogP contribution < -0.4 is 0 Å². The number of carbonyl (C=O) groups excluding carboxylic acids is 3. The molecule has 0 radical (unpaired) electrons. The van der Waals surface area contributed by atoms with Crippen LogP contribution in [0.4, 0.5) is 0 Å². The normalized spacial score (nSPS) is 13.1. The Morgan fingerprint density at radius 2 is 0.531 bits per heavy atom. The van der Waals surface area contributed by atoms with E-state index in [1.54, 1.807) is 6.08 Å². The van der Waals surface area contributed by atoms with Gasteiger partial charge >= 0.3 is 17.9 Å². The van der Waals surface area contributed by atoms with Crippen molar-refractivity contribution in [2.45, 2.75) is 297 Å². The van der Waals surface area contributed by atoms with E-state index in [1.165, 1.54) is 141 Å². The zero-order valence-corrected chi connectivity index (χ0v) is 52.5. The maximum Gasteiger partial charge on any atom is 0.309 e. The summed E-state index contributed by atoms with van der Waals surface area (Å²) in [6.45, 7) is 6.32. The molecule has 0 saturated heterocycles. The molecule has 0 aromatic rings. The van der Waals surface area contributed by atoms with Crippen molar-refractivity contribution in [3.63, 3.8) is 0 Å². The topological polar surface area (TPSA) is 78.9 Å². The molecule has 0 N–H and O–H groups in total. The molecule has 6 heteroatoms. The van der Waals surface area contributed by atoms with E-state index in [0.717, 1.165) is 109 Å². The van der Waals surface area contributed by atoms with Gasteiger partial charge in [-0.25, -0.2) is 0 Å². The van der Waals surface area contributed by atoms with Gasteiger partial charge in [0, 0.05) is 12.8 Å². The van der Waals surface area contributed by atoms with Crippen molar-refractivity contribution in [2.24, 2.45) is 0 Å². The fourth-order valence-electron chi connectivity index (χ4n) is 8.93. The largest absolute Gasteiger partial charge is 0.462 e. The lowest BCUT2D eigenvalue weighted by Gasteiger charge is -2.18. The number of esters is 3. The number of ether oxygens (including phenoxy) is 3. The third kappa shape index (κ3) is 66.0. The van der Waals surface area contributed by atoms with Gasteiger partial charge in [-0.3, -0.25) is 14.4 Å². The molecule has 0 aliphatic rings. The highest BCUT2D eigenvalue weighted by Crippen LogP contribution is 2.16. The van der Waals surface area contributed by atoms with Gasteiger partial charge < -0.3 is 14.2 Å². The van der Waals surface area contributed by atoms with E-state index in [0.29, 0.717) is 12.8 Å². The monoisotopic (exact) mass is 1120 g/mol. The molecule has 0 aliphatic heterocycles. The van der Waals surface area contributed by atoms with Crippen LogP contribution in [0.2, 0.25) is 0 Å². The second kappa shape index (κ2) is 67.8. The van der Waals surface area contributed by atoms with E-state index in [1.807, 2.05) is 6.08 Å². The average Bonchev–Trinajstić information content (AvgIpc) is 3.47. The number of hydrogen-bond donors (Lipinski definition) is 0. The molecule has 1 unspecified atom stereocenters. The number of carbonyl (C=O) groups is 3. The van der Waals surface area contributed by atoms with E-state index in [2.05, 4.69) is 154 Å². The molecular weight excluding hydrogens is 997 g/mol. The quantitative estimate of drug-likeness (QED) is 0.0261. The minimum atomic E-state index is -0.829. The van der Waals surface area contributed by atoms with E-state index in [9.17, 15) is 14.4 Å². The average molecular weight is 1120 g/mol. The molecule has 0 saturated carbocycles. The van der Waals surface area contributed by atoms with Gasteiger partial charge in [0.25, 0.3) is 0 Å². The van der Waals surface area contributed by atoms with Crippen LogP contribution in [0, 0.1) is 0 Å². The first-order valence-electron chi connectivity index (χ1n) is 33.3. The third-order valence-electron chi connectivity index (χ3n) is 13.8. The molecule has 0 aromatic heterocycles. The highest BCUT2D eigenvalue weighted by Gasteiger charge is 2.19. The molecule has 458 valence electrons. The van der Waals surface area contributed by atoms with Crippen molar-refractivity contribution in [3.05, 3.63) is 146 Å². The van der Waals surface area contributed by atoms with Crippen molar-refractivity contribution in [2.75, 3.05) is 13.2 Å². The fraction of sp³-hybridized carbons (Fsp3) is 0.640. The SMILES string of the molecule is CC/C=C\C/C=C\C/C=C\C/C=C\C/C=C\CCCCCCCCCCCCCC(=O)OCC(COC(=O)C/C=C\C/C=C\C/C=C\C/C=C\C/C=C\CC)OC(=O)CCCCCCCCCCC/C=C\C/C=C\CCCCCCC. The fourth-order valence-corrected chi connectivity index (χ4v) is 8.93. The molecule has 0 heterocycles. The second-order valence-electron chi connectivity index (χ2n) is 21.6. The summed E-state index contributed by atoms with van der Waals surface area (Å²) in [4.78, 5) is 38.3. The Morgan fingerprint density at radius 3 is 0.864 bits per heavy atom. The van der Waals surface area contributed by atoms with E-state index < -0.39 is 12.1 Å². The summed E-state index contributed by atoms with van der Waals surface area (Å²) in [5, 5.41) is 0. The summed E-state index contributed by atoms with van der Waals surface area (Å²) >= 11 is 0. The van der Waals surface area contributed by atoms with Crippen LogP contribution >= 0.6 is 0 Å². The summed E-state index contributed by atoms with van der Waals surface area (Å²) in [6.07, 6.45) is 97.4. The van der Waals surface area contributed by atoms with Gasteiger partial charge in [0.05, 0.1) is 6.42 Å². The van der Waals surface area contributed by atoms with Crippen LogP contribution in [0.3, 0.4) is 0 Å². The lowest BCUT2D eigenvalue weighted by atomic mass is 10.0. The lowest BCUT2D eigenvalue weighted by Crippen LogP contribution is -2.30. The Kier molecular flexibility index (Phi) is 63.9. The molecule has 0 amide bonds. The molecule has 0 aliphatic carbocycles. The first-order chi connectivity index (χ1) is 40.0. The summed E-state index contributed by atoms with van der Waals surface area (Å²) in [5.41, 5.74) is 0. The first kappa shape index (κ1) is 76.3. The van der Waals surface area contributed by atoms with Gasteiger partial charge in [-0.05, 0) is 122 Å². The van der Waals surface area contributed by atoms with Gasteiger partial charge in [0.1, 0.15) is 13.2 Å². The zero-order valence-electron chi connectivity index (χ0n) is 52.5. The van der Waals surface area contributed by atoms with Crippen molar-refractivity contribution in [3.8, 4) is 0 Å². The van der Waals surface area contributed by atoms with Gasteiger partial charge in [-0.2, -0.15) is 0 Å². The number of allylic oxidation sites excluding steroid dienone is 23. The van der Waals surface area contributed by atoms with Gasteiger partial charge in [0.15, 0.2) is 6.10 Å². The standard InChI is InChI=1S/C75H122O6/c1-4-7-10-13-16-19-22-25-28-30-32-34-35-36-37-38-39-41-42-44-47-50-53-56-59-62-65-68-74(77)80-71-72(70-79-73(76)67-64-61-58-55-52-49-46-27-24-21-18-15-12-9-6-3)81-75(78)69-66-63-60-57-54-51-48-45-43-40-33-31-29-26-23-20-17-14-11-8-5-2/h7,9-10,12,16,18-19,21,23,25-28,31-34,36-37,46,52,55,61,64,72H,4-6,8,11,13-15,17,20,22,24,29-30,35,38-45,47-51,53-54,56-60,62-63,65-71H2,1-3H3/b10-7-,12-9-,19-16-,21-18-,26-23-,28-25-,33-31-,34-32-,37-36-,46-27-,55-52-,64-61-. The Balaban J connectivity index is 4.42. The van der Waals surface area contributed by atoms with Crippen LogP contribution in [-0.2, 0) is 28.6 Å². The van der Waals surface area contributed by atoms with Gasteiger partial charge in [0.2, 0.25) is 0 Å². The Labute approximate surface area is 499 Å². The van der Waals surface area contributed by atoms with Crippen LogP contribution in [-0.4, -0.2) is 37.2 Å². The van der Waals surface area contributed by atoms with Gasteiger partial charge in [-0.1, -0.05) is 295 Å². The molecule has 1 atom stereocenters. The van der Waals surface area contributed by atoms with E-state index in [4.69, 9.17) is 14.2 Å². The number of unbranched alkanes of at least 4 members (excludes halogenated alkanes) is 25. The van der Waals surface area contributed by atoms with Gasteiger partial charge in [-0.15, -0.1) is 0 Å². The summed E-state index contributed by atoms with van der Waals surface area (Å²) < 4.78 is 16.8. The minimum absolute atomic E-state index is 0.115. The predicted molar refractivity (Wildman–Crippen MR) is 352 cm³/mol. The molecule has 0 aromatic carbocycles. The molecule has 6 nitrogen and oxygen atoms in total. The number of hydrogen-bond acceptors (Lipinski definition) is 6. The summed E-state index contributed by atoms with van der Waals surface area (Å²) in [6, 6.07) is 0. The molecular formula is C75H122O6. The molecule has 0 fully saturated rings. The third-order valence-corrected chi connectivity index (χ3v) is 13.8. The highest BCUT2D eigenvalue weighted by molar-refractivity contribution is 5.72. The molecule has 0 rings (SSSR count). The highest BCUT2D eigenvalue weighted by atomic mass is 16.6. The predicted octanol–water partition coefficient (Wildman–Crippen LogP) is 23.1. The van der Waals surface area contributed by atoms with E-state index >= 15 is 0 Å². The number of rotatable bonds is 59. The van der Waals surface area contributed by atoms with Crippen LogP contribution in [0.5, 0.6) is 0 Å². The van der Waals surface area contributed by atoms with Crippen LogP contribution in [0.15, 0.2) is 146 Å². The first-order valence-corrected chi connectivity index (χ1v) is 33.3. The molecule has 0 bridgehead atoms. The maximum atomic E-state index is 12.9. The van der Waals surface area contributed by atoms with Crippen LogP contribution in [0.25, 0.3) is 0 Å². The van der Waals surface area contributed by atoms with Crippen molar-refractivity contribution >= 4 is 17.9 Å². The maximum absolute atomic E-state index is 12.9. The Morgan fingerprint density at radius 1 is 0.272 bits per heavy atom. The van der Waals surface area contributed by atoms with Crippen molar-refractivity contribution in [1.82, 2.24) is 0 Å². The Bertz CT molecular complexity index is 1760. The minimum Gasteiger partial charge on any atom is -0.462 e. The summed E-state index contributed by atoms with van der Waals surface area (Å²) in [5.74, 6) is -1.05.